The molecule has 0 amide bonds. The van der Waals surface area contributed by atoms with Gasteiger partial charge < -0.3 is 14.8 Å². The monoisotopic (exact) mass is 291 g/mol. The lowest BCUT2D eigenvalue weighted by molar-refractivity contribution is -0.0172. The molecule has 3 nitrogen and oxygen atoms in total. The molecule has 1 aromatic rings. The third kappa shape index (κ3) is 4.53. The van der Waals surface area contributed by atoms with Crippen molar-refractivity contribution in [2.45, 2.75) is 45.3 Å². The maximum absolute atomic E-state index is 5.66. The third-order valence-corrected chi connectivity index (χ3v) is 4.35. The van der Waals surface area contributed by atoms with Crippen molar-refractivity contribution in [3.05, 3.63) is 35.4 Å². The van der Waals surface area contributed by atoms with E-state index in [2.05, 4.69) is 50.4 Å². The van der Waals surface area contributed by atoms with Gasteiger partial charge in [0.1, 0.15) is 5.60 Å². The van der Waals surface area contributed by atoms with Crippen LogP contribution in [0.5, 0.6) is 0 Å². The molecule has 0 aromatic heterocycles. The summed E-state index contributed by atoms with van der Waals surface area (Å²) in [5.41, 5.74) is 2.59. The topological polar surface area (TPSA) is 30.5 Å². The van der Waals surface area contributed by atoms with Gasteiger partial charge in [-0.2, -0.15) is 0 Å². The van der Waals surface area contributed by atoms with Crippen molar-refractivity contribution in [3.8, 4) is 0 Å². The first-order valence-electron chi connectivity index (χ1n) is 8.00. The van der Waals surface area contributed by atoms with Crippen LogP contribution in [-0.2, 0) is 15.9 Å². The van der Waals surface area contributed by atoms with E-state index in [9.17, 15) is 0 Å². The van der Waals surface area contributed by atoms with E-state index in [1.165, 1.54) is 11.1 Å². The number of rotatable bonds is 7. The van der Waals surface area contributed by atoms with Crippen LogP contribution in [0, 0.1) is 5.92 Å². The predicted molar refractivity (Wildman–Crippen MR) is 86.6 cm³/mol. The highest BCUT2D eigenvalue weighted by atomic mass is 16.5. The Labute approximate surface area is 129 Å². The quantitative estimate of drug-likeness (QED) is 0.836. The summed E-state index contributed by atoms with van der Waals surface area (Å²) in [7, 11) is 1.78. The Hall–Kier alpha value is -0.900. The largest absolute Gasteiger partial charge is 0.378 e. The molecule has 1 saturated heterocycles. The second-order valence-electron chi connectivity index (χ2n) is 6.63. The van der Waals surface area contributed by atoms with Crippen LogP contribution in [0.25, 0.3) is 0 Å². The molecule has 118 valence electrons. The molecule has 2 rings (SSSR count). The normalized spacial score (nSPS) is 23.7. The second kappa shape index (κ2) is 7.39. The zero-order valence-corrected chi connectivity index (χ0v) is 13.8. The summed E-state index contributed by atoms with van der Waals surface area (Å²) in [5, 5.41) is 3.59. The number of hydrogen-bond donors (Lipinski definition) is 1. The molecule has 0 bridgehead atoms. The maximum atomic E-state index is 5.66. The number of methoxy groups -OCH3 is 1. The van der Waals surface area contributed by atoms with Crippen LogP contribution in [0.3, 0.4) is 0 Å². The van der Waals surface area contributed by atoms with Crippen LogP contribution in [0.1, 0.15) is 44.4 Å². The van der Waals surface area contributed by atoms with E-state index >= 15 is 0 Å². The minimum atomic E-state index is -0.147. The Morgan fingerprint density at radius 1 is 1.24 bits per heavy atom. The van der Waals surface area contributed by atoms with E-state index in [-0.39, 0.29) is 5.60 Å². The van der Waals surface area contributed by atoms with Gasteiger partial charge in [0.25, 0.3) is 0 Å². The number of nitrogens with one attached hydrogen (secondary N) is 1. The third-order valence-electron chi connectivity index (χ3n) is 4.35. The van der Waals surface area contributed by atoms with Gasteiger partial charge in [-0.25, -0.2) is 0 Å². The highest BCUT2D eigenvalue weighted by Crippen LogP contribution is 2.23. The van der Waals surface area contributed by atoms with Gasteiger partial charge in [-0.15, -0.1) is 0 Å². The lowest BCUT2D eigenvalue weighted by atomic mass is 9.99. The van der Waals surface area contributed by atoms with Crippen LogP contribution in [0.4, 0.5) is 0 Å². The van der Waals surface area contributed by atoms with E-state index in [1.54, 1.807) is 7.11 Å². The van der Waals surface area contributed by atoms with Crippen molar-refractivity contribution >= 4 is 0 Å². The van der Waals surface area contributed by atoms with E-state index in [1.807, 2.05) is 0 Å². The smallest absolute Gasteiger partial charge is 0.106 e. The van der Waals surface area contributed by atoms with Crippen molar-refractivity contribution in [3.63, 3.8) is 0 Å². The molecule has 2 unspecified atom stereocenters. The highest BCUT2D eigenvalue weighted by molar-refractivity contribution is 5.25. The molecule has 0 saturated carbocycles. The summed E-state index contributed by atoms with van der Waals surface area (Å²) in [6.45, 7) is 9.04. The van der Waals surface area contributed by atoms with E-state index in [0.29, 0.717) is 18.6 Å². The van der Waals surface area contributed by atoms with E-state index in [0.717, 1.165) is 26.0 Å². The maximum Gasteiger partial charge on any atom is 0.106 e. The fraction of sp³-hybridized carbons (Fsp3) is 0.667. The summed E-state index contributed by atoms with van der Waals surface area (Å²) >= 11 is 0. The molecule has 1 fully saturated rings. The first-order chi connectivity index (χ1) is 10.0. The lowest BCUT2D eigenvalue weighted by Gasteiger charge is -2.28. The molecular weight excluding hydrogens is 262 g/mol. The minimum absolute atomic E-state index is 0.147. The molecular formula is C18H29NO2. The van der Waals surface area contributed by atoms with Gasteiger partial charge in [0.2, 0.25) is 0 Å². The van der Waals surface area contributed by atoms with E-state index < -0.39 is 0 Å². The van der Waals surface area contributed by atoms with Crippen LogP contribution >= 0.6 is 0 Å². The Bertz CT molecular complexity index is 421. The number of benzene rings is 1. The Morgan fingerprint density at radius 3 is 2.48 bits per heavy atom. The average Bonchev–Trinajstić information content (AvgIpc) is 2.94. The molecule has 2 atom stereocenters. The molecule has 1 aliphatic rings. The van der Waals surface area contributed by atoms with Crippen LogP contribution in [0.15, 0.2) is 24.3 Å². The zero-order valence-electron chi connectivity index (χ0n) is 13.8. The fourth-order valence-corrected chi connectivity index (χ4v) is 2.83. The minimum Gasteiger partial charge on any atom is -0.378 e. The SMILES string of the molecule is COC1(CNC(C)c2ccc(CC(C)C)cc2)CCOC1. The molecule has 1 N–H and O–H groups in total. The molecule has 1 heterocycles. The van der Waals surface area contributed by atoms with Gasteiger partial charge in [-0.05, 0) is 30.4 Å². The van der Waals surface area contributed by atoms with Crippen LogP contribution in [0.2, 0.25) is 0 Å². The van der Waals surface area contributed by atoms with Gasteiger partial charge in [0.05, 0.1) is 6.61 Å². The molecule has 0 aliphatic carbocycles. The van der Waals surface area contributed by atoms with Crippen molar-refractivity contribution in [2.75, 3.05) is 26.9 Å². The van der Waals surface area contributed by atoms with Crippen molar-refractivity contribution in [1.29, 1.82) is 0 Å². The molecule has 1 aliphatic heterocycles. The fourth-order valence-electron chi connectivity index (χ4n) is 2.83. The lowest BCUT2D eigenvalue weighted by Crippen LogP contribution is -2.43. The average molecular weight is 291 g/mol. The second-order valence-corrected chi connectivity index (χ2v) is 6.63. The molecule has 0 spiro atoms. The van der Waals surface area contributed by atoms with Crippen LogP contribution in [-0.4, -0.2) is 32.5 Å². The highest BCUT2D eigenvalue weighted by Gasteiger charge is 2.34. The van der Waals surface area contributed by atoms with Gasteiger partial charge in [0.15, 0.2) is 0 Å². The molecule has 21 heavy (non-hydrogen) atoms. The molecule has 0 radical (unpaired) electrons. The Morgan fingerprint density at radius 2 is 1.95 bits per heavy atom. The van der Waals surface area contributed by atoms with Gasteiger partial charge >= 0.3 is 0 Å². The summed E-state index contributed by atoms with van der Waals surface area (Å²) < 4.78 is 11.1. The zero-order chi connectivity index (χ0) is 15.3. The van der Waals surface area contributed by atoms with E-state index in [4.69, 9.17) is 9.47 Å². The standard InChI is InChI=1S/C18H29NO2/c1-14(2)11-16-5-7-17(8-6-16)15(3)19-12-18(20-4)9-10-21-13-18/h5-8,14-15,19H,9-13H2,1-4H3. The first-order valence-corrected chi connectivity index (χ1v) is 8.00. The van der Waals surface area contributed by atoms with Crippen molar-refractivity contribution in [1.82, 2.24) is 5.32 Å². The summed E-state index contributed by atoms with van der Waals surface area (Å²) in [6, 6.07) is 9.29. The van der Waals surface area contributed by atoms with Gasteiger partial charge in [-0.1, -0.05) is 38.1 Å². The predicted octanol–water partition coefficient (Wildman–Crippen LogP) is 3.34. The van der Waals surface area contributed by atoms with Gasteiger partial charge in [0, 0.05) is 32.7 Å². The Balaban J connectivity index is 1.89. The molecule has 3 heteroatoms. The summed E-state index contributed by atoms with van der Waals surface area (Å²) in [4.78, 5) is 0. The number of hydrogen-bond acceptors (Lipinski definition) is 3. The Kier molecular flexibility index (Phi) is 5.80. The van der Waals surface area contributed by atoms with Crippen molar-refractivity contribution in [2.24, 2.45) is 5.92 Å². The van der Waals surface area contributed by atoms with Crippen molar-refractivity contribution < 1.29 is 9.47 Å². The van der Waals surface area contributed by atoms with Gasteiger partial charge in [-0.3, -0.25) is 0 Å². The summed E-state index contributed by atoms with van der Waals surface area (Å²) in [5.74, 6) is 0.704. The first kappa shape index (κ1) is 16.5. The molecule has 1 aromatic carbocycles. The number of ether oxygens (including phenoxy) is 2. The summed E-state index contributed by atoms with van der Waals surface area (Å²) in [6.07, 6.45) is 2.11. The van der Waals surface area contributed by atoms with Crippen LogP contribution < -0.4 is 5.32 Å².